The number of nitrogens with two attached hydrogens (primary N) is 1. The highest BCUT2D eigenvalue weighted by atomic mass is 32.1. The average molecular weight is 217 g/mol. The fourth-order valence-corrected chi connectivity index (χ4v) is 1.27. The number of urea groups is 1. The minimum atomic E-state index is -0.0652. The summed E-state index contributed by atoms with van der Waals surface area (Å²) in [5.41, 5.74) is 5.30. The van der Waals surface area contributed by atoms with Crippen molar-refractivity contribution in [1.29, 1.82) is 0 Å². The second-order valence-corrected chi connectivity index (χ2v) is 3.57. The van der Waals surface area contributed by atoms with E-state index in [2.05, 4.69) is 5.32 Å². The predicted octanol–water partition coefficient (Wildman–Crippen LogP) is -0.296. The molecule has 0 aromatic carbocycles. The number of ether oxygens (including phenoxy) is 1. The number of hydrogen-bond acceptors (Lipinski definition) is 3. The monoisotopic (exact) mass is 217 g/mol. The normalized spacial score (nSPS) is 16.4. The van der Waals surface area contributed by atoms with E-state index in [9.17, 15) is 4.79 Å². The van der Waals surface area contributed by atoms with Gasteiger partial charge >= 0.3 is 6.03 Å². The van der Waals surface area contributed by atoms with Gasteiger partial charge < -0.3 is 20.7 Å². The minimum absolute atomic E-state index is 0.0652. The number of carbonyl (C=O) groups excluding carboxylic acids is 1. The Kier molecular flexibility index (Phi) is 4.61. The third-order valence-electron chi connectivity index (χ3n) is 1.95. The molecule has 0 spiro atoms. The Morgan fingerprint density at radius 1 is 1.50 bits per heavy atom. The van der Waals surface area contributed by atoms with Gasteiger partial charge in [0.1, 0.15) is 0 Å². The van der Waals surface area contributed by atoms with E-state index in [-0.39, 0.29) is 6.03 Å². The van der Waals surface area contributed by atoms with Crippen molar-refractivity contribution in [3.63, 3.8) is 0 Å². The van der Waals surface area contributed by atoms with E-state index in [1.54, 1.807) is 4.90 Å². The lowest BCUT2D eigenvalue weighted by Gasteiger charge is -2.26. The first-order valence-corrected chi connectivity index (χ1v) is 5.00. The summed E-state index contributed by atoms with van der Waals surface area (Å²) in [5, 5.41) is 2.75. The zero-order valence-corrected chi connectivity index (χ0v) is 8.81. The summed E-state index contributed by atoms with van der Waals surface area (Å²) in [6.45, 7) is 3.04. The molecule has 3 N–H and O–H groups in total. The van der Waals surface area contributed by atoms with Crippen molar-refractivity contribution in [2.45, 2.75) is 6.42 Å². The molecule has 1 aliphatic heterocycles. The van der Waals surface area contributed by atoms with E-state index >= 15 is 0 Å². The number of nitrogens with one attached hydrogen (secondary N) is 1. The highest BCUT2D eigenvalue weighted by Crippen LogP contribution is 1.96. The maximum absolute atomic E-state index is 11.5. The molecule has 1 heterocycles. The van der Waals surface area contributed by atoms with E-state index < -0.39 is 0 Å². The molecular weight excluding hydrogens is 202 g/mol. The zero-order valence-electron chi connectivity index (χ0n) is 7.99. The van der Waals surface area contributed by atoms with Gasteiger partial charge in [-0.15, -0.1) is 0 Å². The molecule has 0 aromatic rings. The fraction of sp³-hybridized carbons (Fsp3) is 0.750. The van der Waals surface area contributed by atoms with E-state index in [1.165, 1.54) is 0 Å². The molecule has 1 fully saturated rings. The summed E-state index contributed by atoms with van der Waals surface area (Å²) in [5.74, 6) is 0. The lowest BCUT2D eigenvalue weighted by molar-refractivity contribution is 0.0533. The molecule has 1 aliphatic rings. The van der Waals surface area contributed by atoms with Gasteiger partial charge in [-0.3, -0.25) is 0 Å². The van der Waals surface area contributed by atoms with Crippen LogP contribution in [-0.4, -0.2) is 48.8 Å². The van der Waals surface area contributed by atoms with Crippen molar-refractivity contribution < 1.29 is 9.53 Å². The summed E-state index contributed by atoms with van der Waals surface area (Å²) in [6.07, 6.45) is 0.547. The van der Waals surface area contributed by atoms with Crippen molar-refractivity contribution in [1.82, 2.24) is 10.2 Å². The van der Waals surface area contributed by atoms with E-state index in [4.69, 9.17) is 22.7 Å². The molecule has 0 radical (unpaired) electrons. The number of hydrogen-bond donors (Lipinski definition) is 2. The second-order valence-electron chi connectivity index (χ2n) is 3.05. The van der Waals surface area contributed by atoms with Crippen LogP contribution in [0.25, 0.3) is 0 Å². The maximum atomic E-state index is 11.5. The highest BCUT2D eigenvalue weighted by molar-refractivity contribution is 7.80. The Morgan fingerprint density at radius 3 is 2.71 bits per heavy atom. The average Bonchev–Trinajstić information content (AvgIpc) is 2.18. The molecule has 0 atom stereocenters. The Bertz CT molecular complexity index is 217. The molecule has 0 aromatic heterocycles. The van der Waals surface area contributed by atoms with Gasteiger partial charge in [0.25, 0.3) is 0 Å². The standard InChI is InChI=1S/C8H15N3O2S/c9-7(14)1-2-10-8(12)11-3-5-13-6-4-11/h1-6H2,(H2,9,14)(H,10,12). The van der Waals surface area contributed by atoms with Crippen LogP contribution >= 0.6 is 12.2 Å². The van der Waals surface area contributed by atoms with Gasteiger partial charge in [0.2, 0.25) is 0 Å². The van der Waals surface area contributed by atoms with Crippen LogP contribution in [0.5, 0.6) is 0 Å². The van der Waals surface area contributed by atoms with Gasteiger partial charge in [-0.2, -0.15) is 0 Å². The molecule has 6 heteroatoms. The number of morpholine rings is 1. The smallest absolute Gasteiger partial charge is 0.317 e. The van der Waals surface area contributed by atoms with E-state index in [0.717, 1.165) is 0 Å². The van der Waals surface area contributed by atoms with Gasteiger partial charge in [-0.25, -0.2) is 4.79 Å². The van der Waals surface area contributed by atoms with Gasteiger partial charge in [0.15, 0.2) is 0 Å². The van der Waals surface area contributed by atoms with E-state index in [0.29, 0.717) is 44.3 Å². The van der Waals surface area contributed by atoms with E-state index in [1.807, 2.05) is 0 Å². The summed E-state index contributed by atoms with van der Waals surface area (Å²) >= 11 is 4.70. The summed E-state index contributed by atoms with van der Waals surface area (Å²) in [6, 6.07) is -0.0652. The minimum Gasteiger partial charge on any atom is -0.393 e. The molecule has 0 aliphatic carbocycles. The predicted molar refractivity (Wildman–Crippen MR) is 57.2 cm³/mol. The molecule has 0 bridgehead atoms. The van der Waals surface area contributed by atoms with Gasteiger partial charge in [0.05, 0.1) is 18.2 Å². The van der Waals surface area contributed by atoms with Crippen molar-refractivity contribution in [2.24, 2.45) is 5.73 Å². The molecule has 1 saturated heterocycles. The number of thiocarbonyl (C=S) groups is 1. The fourth-order valence-electron chi connectivity index (χ4n) is 1.17. The summed E-state index contributed by atoms with van der Waals surface area (Å²) in [4.78, 5) is 13.6. The number of amides is 2. The highest BCUT2D eigenvalue weighted by Gasteiger charge is 2.15. The van der Waals surface area contributed by atoms with Crippen LogP contribution in [0, 0.1) is 0 Å². The maximum Gasteiger partial charge on any atom is 0.317 e. The first-order valence-electron chi connectivity index (χ1n) is 4.59. The number of carbonyl (C=O) groups is 1. The summed E-state index contributed by atoms with van der Waals surface area (Å²) < 4.78 is 5.13. The topological polar surface area (TPSA) is 67.6 Å². The van der Waals surface area contributed by atoms with Crippen LogP contribution in [0.3, 0.4) is 0 Å². The Labute approximate surface area is 88.6 Å². The van der Waals surface area contributed by atoms with Crippen LogP contribution in [0.2, 0.25) is 0 Å². The number of rotatable bonds is 3. The van der Waals surface area contributed by atoms with Gasteiger partial charge in [-0.1, -0.05) is 12.2 Å². The molecule has 0 unspecified atom stereocenters. The lowest BCUT2D eigenvalue weighted by atomic mass is 10.4. The van der Waals surface area contributed by atoms with Crippen molar-refractivity contribution in [2.75, 3.05) is 32.8 Å². The van der Waals surface area contributed by atoms with Crippen molar-refractivity contribution in [3.8, 4) is 0 Å². The van der Waals surface area contributed by atoms with Crippen LogP contribution < -0.4 is 11.1 Å². The van der Waals surface area contributed by atoms with Crippen molar-refractivity contribution >= 4 is 23.2 Å². The quantitative estimate of drug-likeness (QED) is 0.637. The molecule has 0 saturated carbocycles. The van der Waals surface area contributed by atoms with Crippen LogP contribution in [0.1, 0.15) is 6.42 Å². The second kappa shape index (κ2) is 5.77. The zero-order chi connectivity index (χ0) is 10.4. The largest absolute Gasteiger partial charge is 0.393 e. The van der Waals surface area contributed by atoms with Crippen molar-refractivity contribution in [3.05, 3.63) is 0 Å². The van der Waals surface area contributed by atoms with Gasteiger partial charge in [-0.05, 0) is 0 Å². The molecule has 14 heavy (non-hydrogen) atoms. The first-order chi connectivity index (χ1) is 6.70. The third-order valence-corrected chi connectivity index (χ3v) is 2.15. The number of nitrogens with zero attached hydrogens (tertiary/aromatic N) is 1. The third kappa shape index (κ3) is 3.89. The van der Waals surface area contributed by atoms with Crippen LogP contribution in [0.4, 0.5) is 4.79 Å². The Morgan fingerprint density at radius 2 is 2.14 bits per heavy atom. The summed E-state index contributed by atoms with van der Waals surface area (Å²) in [7, 11) is 0. The molecule has 80 valence electrons. The lowest BCUT2D eigenvalue weighted by Crippen LogP contribution is -2.46. The molecule has 1 rings (SSSR count). The van der Waals surface area contributed by atoms with Crippen LogP contribution in [0.15, 0.2) is 0 Å². The van der Waals surface area contributed by atoms with Crippen LogP contribution in [-0.2, 0) is 4.74 Å². The Balaban J connectivity index is 2.16. The first kappa shape index (κ1) is 11.2. The molecule has 5 nitrogen and oxygen atoms in total. The molecule has 2 amide bonds. The Hall–Kier alpha value is -0.880. The van der Waals surface area contributed by atoms with Gasteiger partial charge in [0, 0.05) is 26.1 Å². The SMILES string of the molecule is NC(=S)CCNC(=O)N1CCOCC1. The molecular formula is C8H15N3O2S.